The van der Waals surface area contributed by atoms with E-state index in [1.54, 1.807) is 20.8 Å². The highest BCUT2D eigenvalue weighted by Gasteiger charge is 2.52. The van der Waals surface area contributed by atoms with Gasteiger partial charge in [-0.15, -0.1) is 0 Å². The van der Waals surface area contributed by atoms with E-state index in [1.807, 2.05) is 0 Å². The maximum atomic E-state index is 11.7. The number of nitrogens with one attached hydrogen (secondary N) is 1. The molecule has 0 atom stereocenters. The Balaban J connectivity index is 2.52. The normalized spacial score (nSPS) is 17.2. The van der Waals surface area contributed by atoms with Gasteiger partial charge in [-0.2, -0.15) is 0 Å². The van der Waals surface area contributed by atoms with Crippen LogP contribution >= 0.6 is 0 Å². The first kappa shape index (κ1) is 13.8. The van der Waals surface area contributed by atoms with Gasteiger partial charge in [0.25, 0.3) is 0 Å². The van der Waals surface area contributed by atoms with Crippen LogP contribution in [0.3, 0.4) is 0 Å². The van der Waals surface area contributed by atoms with Crippen LogP contribution in [-0.4, -0.2) is 42.4 Å². The van der Waals surface area contributed by atoms with E-state index in [2.05, 4.69) is 10.2 Å². The van der Waals surface area contributed by atoms with Gasteiger partial charge in [-0.05, 0) is 33.6 Å². The summed E-state index contributed by atoms with van der Waals surface area (Å²) in [5.41, 5.74) is 1.51. The molecule has 0 radical (unpaired) electrons. The number of rotatable bonds is 3. The predicted octanol–water partition coefficient (Wildman–Crippen LogP) is 1.06. The number of esters is 1. The molecule has 0 spiro atoms. The highest BCUT2D eigenvalue weighted by molar-refractivity contribution is 5.84. The molecule has 1 N–H and O–H groups in total. The van der Waals surface area contributed by atoms with Crippen molar-refractivity contribution >= 4 is 12.1 Å². The molecule has 1 rings (SSSR count). The fourth-order valence-electron chi connectivity index (χ4n) is 1.38. The first-order chi connectivity index (χ1) is 7.70. The summed E-state index contributed by atoms with van der Waals surface area (Å²) in [7, 11) is 2.86. The summed E-state index contributed by atoms with van der Waals surface area (Å²) >= 11 is 0. The topological polar surface area (TPSA) is 67.9 Å². The zero-order chi connectivity index (χ0) is 13.3. The second kappa shape index (κ2) is 4.52. The summed E-state index contributed by atoms with van der Waals surface area (Å²) < 4.78 is 9.84. The van der Waals surface area contributed by atoms with Crippen LogP contribution in [0.25, 0.3) is 0 Å². The number of hydrazine groups is 1. The SMILES string of the molecule is COC(=O)C1(NN(C)C(=O)OC(C)(C)C)CC1. The van der Waals surface area contributed by atoms with E-state index in [9.17, 15) is 9.59 Å². The molecule has 0 aromatic rings. The first-order valence-electron chi connectivity index (χ1n) is 5.53. The Kier molecular flexibility index (Phi) is 3.66. The molecule has 0 bridgehead atoms. The molecule has 1 aliphatic carbocycles. The molecule has 0 aromatic carbocycles. The van der Waals surface area contributed by atoms with E-state index in [4.69, 9.17) is 4.74 Å². The molecule has 1 saturated carbocycles. The van der Waals surface area contributed by atoms with Crippen LogP contribution in [-0.2, 0) is 14.3 Å². The summed E-state index contributed by atoms with van der Waals surface area (Å²) in [4.78, 5) is 23.1. The average Bonchev–Trinajstić information content (AvgIpc) is 2.95. The van der Waals surface area contributed by atoms with Crippen LogP contribution in [0.2, 0.25) is 0 Å². The molecule has 0 saturated heterocycles. The average molecular weight is 244 g/mol. The first-order valence-corrected chi connectivity index (χ1v) is 5.53. The Bertz CT molecular complexity index is 318. The zero-order valence-electron chi connectivity index (χ0n) is 11.0. The van der Waals surface area contributed by atoms with Crippen LogP contribution in [0, 0.1) is 0 Å². The lowest BCUT2D eigenvalue weighted by Gasteiger charge is -2.27. The van der Waals surface area contributed by atoms with Crippen LogP contribution in [0.15, 0.2) is 0 Å². The molecule has 6 heteroatoms. The largest absolute Gasteiger partial charge is 0.468 e. The van der Waals surface area contributed by atoms with Gasteiger partial charge in [0.2, 0.25) is 0 Å². The van der Waals surface area contributed by atoms with Crippen LogP contribution in [0.5, 0.6) is 0 Å². The van der Waals surface area contributed by atoms with Gasteiger partial charge in [0.15, 0.2) is 0 Å². The summed E-state index contributed by atoms with van der Waals surface area (Å²) in [6, 6.07) is 0. The molecule has 1 amide bonds. The van der Waals surface area contributed by atoms with Crippen molar-refractivity contribution in [3.05, 3.63) is 0 Å². The minimum Gasteiger partial charge on any atom is -0.468 e. The van der Waals surface area contributed by atoms with Gasteiger partial charge >= 0.3 is 12.1 Å². The molecule has 1 aliphatic rings. The number of nitrogens with zero attached hydrogens (tertiary/aromatic N) is 1. The quantitative estimate of drug-likeness (QED) is 0.594. The zero-order valence-corrected chi connectivity index (χ0v) is 11.0. The third-order valence-corrected chi connectivity index (χ3v) is 2.38. The lowest BCUT2D eigenvalue weighted by Crippen LogP contribution is -2.52. The fraction of sp³-hybridized carbons (Fsp3) is 0.818. The van der Waals surface area contributed by atoms with E-state index in [-0.39, 0.29) is 5.97 Å². The van der Waals surface area contributed by atoms with Crippen molar-refractivity contribution in [2.24, 2.45) is 0 Å². The lowest BCUT2D eigenvalue weighted by atomic mass is 10.2. The van der Waals surface area contributed by atoms with Crippen molar-refractivity contribution in [3.8, 4) is 0 Å². The van der Waals surface area contributed by atoms with Crippen LogP contribution < -0.4 is 5.43 Å². The monoisotopic (exact) mass is 244 g/mol. The van der Waals surface area contributed by atoms with E-state index >= 15 is 0 Å². The van der Waals surface area contributed by atoms with Gasteiger partial charge in [0, 0.05) is 7.05 Å². The minimum atomic E-state index is -0.750. The van der Waals surface area contributed by atoms with E-state index < -0.39 is 17.2 Å². The molecule has 0 unspecified atom stereocenters. The highest BCUT2D eigenvalue weighted by Crippen LogP contribution is 2.36. The van der Waals surface area contributed by atoms with Crippen LogP contribution in [0.1, 0.15) is 33.6 Å². The van der Waals surface area contributed by atoms with Gasteiger partial charge in [-0.25, -0.2) is 20.0 Å². The summed E-state index contributed by atoms with van der Waals surface area (Å²) in [5.74, 6) is -0.354. The maximum Gasteiger partial charge on any atom is 0.424 e. The molecule has 17 heavy (non-hydrogen) atoms. The number of methoxy groups -OCH3 is 1. The van der Waals surface area contributed by atoms with Gasteiger partial charge in [-0.3, -0.25) is 0 Å². The van der Waals surface area contributed by atoms with E-state index in [0.717, 1.165) is 0 Å². The van der Waals surface area contributed by atoms with Crippen molar-refractivity contribution in [3.63, 3.8) is 0 Å². The Labute approximate surface area is 101 Å². The number of hydrogen-bond donors (Lipinski definition) is 1. The van der Waals surface area contributed by atoms with Gasteiger partial charge in [0.1, 0.15) is 11.1 Å². The highest BCUT2D eigenvalue weighted by atomic mass is 16.6. The fourth-order valence-corrected chi connectivity index (χ4v) is 1.38. The van der Waals surface area contributed by atoms with Crippen molar-refractivity contribution in [2.75, 3.05) is 14.2 Å². The number of amides is 1. The van der Waals surface area contributed by atoms with Crippen molar-refractivity contribution in [1.82, 2.24) is 10.4 Å². The van der Waals surface area contributed by atoms with Crippen molar-refractivity contribution in [2.45, 2.75) is 44.8 Å². The van der Waals surface area contributed by atoms with E-state index in [1.165, 1.54) is 19.2 Å². The number of carbonyl (C=O) groups excluding carboxylic acids is 2. The minimum absolute atomic E-state index is 0.354. The predicted molar refractivity (Wildman–Crippen MR) is 61.1 cm³/mol. The molecule has 0 heterocycles. The van der Waals surface area contributed by atoms with Gasteiger partial charge in [-0.1, -0.05) is 0 Å². The Morgan fingerprint density at radius 3 is 2.18 bits per heavy atom. The molecule has 1 fully saturated rings. The second-order valence-corrected chi connectivity index (χ2v) is 5.22. The summed E-state index contributed by atoms with van der Waals surface area (Å²) in [6.07, 6.45) is 0.798. The second-order valence-electron chi connectivity index (χ2n) is 5.22. The summed E-state index contributed by atoms with van der Waals surface area (Å²) in [6.45, 7) is 5.35. The Morgan fingerprint density at radius 1 is 1.29 bits per heavy atom. The number of hydrogen-bond acceptors (Lipinski definition) is 5. The molecular formula is C11H20N2O4. The van der Waals surface area contributed by atoms with E-state index in [0.29, 0.717) is 12.8 Å². The smallest absolute Gasteiger partial charge is 0.424 e. The van der Waals surface area contributed by atoms with Crippen molar-refractivity contribution < 1.29 is 19.1 Å². The maximum absolute atomic E-state index is 11.7. The molecular weight excluding hydrogens is 224 g/mol. The number of carbonyl (C=O) groups is 2. The molecule has 0 aliphatic heterocycles. The summed E-state index contributed by atoms with van der Waals surface area (Å²) in [5, 5.41) is 1.19. The Hall–Kier alpha value is -1.30. The Morgan fingerprint density at radius 2 is 1.82 bits per heavy atom. The third kappa shape index (κ3) is 3.59. The standard InChI is InChI=1S/C11H20N2O4/c1-10(2,3)17-9(15)13(4)12-11(6-7-11)8(14)16-5/h12H,6-7H2,1-5H3. The van der Waals surface area contributed by atoms with Gasteiger partial charge in [0.05, 0.1) is 7.11 Å². The number of ether oxygens (including phenoxy) is 2. The van der Waals surface area contributed by atoms with Gasteiger partial charge < -0.3 is 9.47 Å². The van der Waals surface area contributed by atoms with Crippen LogP contribution in [0.4, 0.5) is 4.79 Å². The third-order valence-electron chi connectivity index (χ3n) is 2.38. The lowest BCUT2D eigenvalue weighted by molar-refractivity contribution is -0.145. The molecule has 98 valence electrons. The van der Waals surface area contributed by atoms with Crippen molar-refractivity contribution in [1.29, 1.82) is 0 Å². The molecule has 6 nitrogen and oxygen atoms in total. The molecule has 0 aromatic heterocycles.